The van der Waals surface area contributed by atoms with Crippen molar-refractivity contribution in [2.45, 2.75) is 59.3 Å². The van der Waals surface area contributed by atoms with Crippen LogP contribution in [0.25, 0.3) is 5.57 Å². The maximum Gasteiger partial charge on any atom is 0.0853 e. The zero-order valence-electron chi connectivity index (χ0n) is 16.3. The molecule has 4 aliphatic carbocycles. The van der Waals surface area contributed by atoms with E-state index in [0.29, 0.717) is 11.3 Å². The smallest absolute Gasteiger partial charge is 0.0853 e. The third-order valence-electron chi connectivity index (χ3n) is 8.24. The molecule has 0 saturated heterocycles. The molecular formula is C24H30N2. The Morgan fingerprint density at radius 1 is 1.08 bits per heavy atom. The van der Waals surface area contributed by atoms with Gasteiger partial charge in [-0.1, -0.05) is 50.1 Å². The molecule has 2 saturated carbocycles. The lowest BCUT2D eigenvalue weighted by Gasteiger charge is -2.56. The maximum absolute atomic E-state index is 4.61. The van der Waals surface area contributed by atoms with E-state index < -0.39 is 0 Å². The summed E-state index contributed by atoms with van der Waals surface area (Å²) in [5.41, 5.74) is 6.49. The van der Waals surface area contributed by atoms with Crippen molar-refractivity contribution in [1.29, 1.82) is 0 Å². The average Bonchev–Trinajstić information content (AvgIpc) is 3.00. The van der Waals surface area contributed by atoms with Crippen LogP contribution >= 0.6 is 0 Å². The van der Waals surface area contributed by atoms with Crippen LogP contribution in [0.2, 0.25) is 0 Å². The van der Waals surface area contributed by atoms with Crippen LogP contribution in [-0.4, -0.2) is 9.97 Å². The highest BCUT2D eigenvalue weighted by molar-refractivity contribution is 5.76. The van der Waals surface area contributed by atoms with Gasteiger partial charge < -0.3 is 0 Å². The van der Waals surface area contributed by atoms with Gasteiger partial charge in [0.2, 0.25) is 0 Å². The van der Waals surface area contributed by atoms with Crippen molar-refractivity contribution >= 4 is 5.57 Å². The quantitative estimate of drug-likeness (QED) is 0.584. The Balaban J connectivity index is 1.50. The first-order chi connectivity index (χ1) is 12.5. The Morgan fingerprint density at radius 3 is 2.77 bits per heavy atom. The molecule has 2 fully saturated rings. The maximum atomic E-state index is 4.61. The molecule has 0 aliphatic heterocycles. The molecule has 1 aromatic heterocycles. The predicted octanol–water partition coefficient (Wildman–Crippen LogP) is 5.99. The molecule has 5 rings (SSSR count). The molecule has 5 atom stereocenters. The molecule has 0 amide bonds. The third-order valence-corrected chi connectivity index (χ3v) is 8.24. The van der Waals surface area contributed by atoms with Gasteiger partial charge in [-0.05, 0) is 67.3 Å². The molecule has 0 spiro atoms. The van der Waals surface area contributed by atoms with E-state index in [9.17, 15) is 0 Å². The Morgan fingerprint density at radius 2 is 1.96 bits per heavy atom. The molecule has 26 heavy (non-hydrogen) atoms. The normalized spacial score (nSPS) is 41.3. The van der Waals surface area contributed by atoms with E-state index in [4.69, 9.17) is 0 Å². The monoisotopic (exact) mass is 346 g/mol. The molecule has 0 N–H and O–H groups in total. The van der Waals surface area contributed by atoms with Gasteiger partial charge in [0.25, 0.3) is 0 Å². The highest BCUT2D eigenvalue weighted by atomic mass is 14.8. The van der Waals surface area contributed by atoms with Crippen LogP contribution in [0.5, 0.6) is 0 Å². The second-order valence-electron chi connectivity index (χ2n) is 9.61. The molecular weight excluding hydrogens is 316 g/mol. The molecule has 4 aliphatic rings. The van der Waals surface area contributed by atoms with Crippen LogP contribution in [0.3, 0.4) is 0 Å². The van der Waals surface area contributed by atoms with Gasteiger partial charge in [0.1, 0.15) is 0 Å². The van der Waals surface area contributed by atoms with Crippen LogP contribution in [-0.2, 0) is 0 Å². The number of fused-ring (bicyclic) bond motifs is 5. The van der Waals surface area contributed by atoms with Gasteiger partial charge in [-0.15, -0.1) is 0 Å². The fourth-order valence-electron chi connectivity index (χ4n) is 6.66. The number of allylic oxidation sites excluding steroid dienone is 6. The Hall–Kier alpha value is -1.70. The van der Waals surface area contributed by atoms with Crippen LogP contribution in [0, 0.1) is 28.6 Å². The summed E-state index contributed by atoms with van der Waals surface area (Å²) in [6, 6.07) is 0. The standard InChI is InChI=1S/C24H30N2/c1-16-8-10-23(2)17(14-16)4-5-18-19-6-7-21(22-15-25-12-13-26-22)24(19,3)11-9-20(18)23/h4,6-7,12-13,15-16,18,20H,5,8-11,14H2,1-3H3/t16-,18-,20-,23-,24-/m0/s1. The van der Waals surface area contributed by atoms with E-state index in [2.05, 4.69) is 49.0 Å². The molecule has 1 heterocycles. The second-order valence-corrected chi connectivity index (χ2v) is 9.61. The predicted molar refractivity (Wildman–Crippen MR) is 106 cm³/mol. The highest BCUT2D eigenvalue weighted by Crippen LogP contribution is 2.64. The van der Waals surface area contributed by atoms with Crippen LogP contribution in [0.15, 0.2) is 48.0 Å². The van der Waals surface area contributed by atoms with Crippen molar-refractivity contribution < 1.29 is 0 Å². The van der Waals surface area contributed by atoms with E-state index in [-0.39, 0.29) is 5.41 Å². The topological polar surface area (TPSA) is 25.8 Å². The number of aromatic nitrogens is 2. The lowest BCUT2D eigenvalue weighted by atomic mass is 9.48. The third kappa shape index (κ3) is 2.17. The number of hydrogen-bond acceptors (Lipinski definition) is 2. The minimum absolute atomic E-state index is 0.154. The average molecular weight is 347 g/mol. The number of rotatable bonds is 1. The molecule has 0 bridgehead atoms. The fraction of sp³-hybridized carbons (Fsp3) is 0.583. The van der Waals surface area contributed by atoms with Crippen molar-refractivity contribution in [1.82, 2.24) is 9.97 Å². The van der Waals surface area contributed by atoms with Gasteiger partial charge in [0.05, 0.1) is 11.9 Å². The molecule has 2 heteroatoms. The summed E-state index contributed by atoms with van der Waals surface area (Å²) in [7, 11) is 0. The van der Waals surface area contributed by atoms with Crippen LogP contribution in [0.4, 0.5) is 0 Å². The van der Waals surface area contributed by atoms with Gasteiger partial charge in [0.15, 0.2) is 0 Å². The zero-order chi connectivity index (χ0) is 17.9. The summed E-state index contributed by atoms with van der Waals surface area (Å²) >= 11 is 0. The fourth-order valence-corrected chi connectivity index (χ4v) is 6.66. The van der Waals surface area contributed by atoms with Gasteiger partial charge in [-0.3, -0.25) is 9.97 Å². The largest absolute Gasteiger partial charge is 0.261 e. The van der Waals surface area contributed by atoms with Crippen molar-refractivity contribution in [2.24, 2.45) is 28.6 Å². The Kier molecular flexibility index (Phi) is 3.58. The van der Waals surface area contributed by atoms with Gasteiger partial charge in [0, 0.05) is 17.8 Å². The van der Waals surface area contributed by atoms with E-state index in [1.165, 1.54) is 44.1 Å². The minimum atomic E-state index is 0.154. The van der Waals surface area contributed by atoms with Crippen molar-refractivity contribution in [3.05, 3.63) is 53.7 Å². The lowest BCUT2D eigenvalue weighted by molar-refractivity contribution is 0.0682. The molecule has 136 valence electrons. The minimum Gasteiger partial charge on any atom is -0.261 e. The summed E-state index contributed by atoms with van der Waals surface area (Å²) in [4.78, 5) is 8.93. The zero-order valence-corrected chi connectivity index (χ0v) is 16.3. The summed E-state index contributed by atoms with van der Waals surface area (Å²) < 4.78 is 0. The van der Waals surface area contributed by atoms with E-state index in [1.54, 1.807) is 17.3 Å². The first kappa shape index (κ1) is 16.5. The van der Waals surface area contributed by atoms with E-state index in [0.717, 1.165) is 17.5 Å². The van der Waals surface area contributed by atoms with Gasteiger partial charge >= 0.3 is 0 Å². The van der Waals surface area contributed by atoms with E-state index >= 15 is 0 Å². The summed E-state index contributed by atoms with van der Waals surface area (Å²) in [5, 5.41) is 0. The highest BCUT2D eigenvalue weighted by Gasteiger charge is 2.54. The van der Waals surface area contributed by atoms with Gasteiger partial charge in [-0.2, -0.15) is 0 Å². The SMILES string of the molecule is C[C@H]1CC[C@@]2(C)C(=CC[C@H]3C4=CC=C(c5cnccn5)[C@@]4(C)CC[C@@H]32)C1. The molecule has 2 nitrogen and oxygen atoms in total. The first-order valence-electron chi connectivity index (χ1n) is 10.4. The lowest BCUT2D eigenvalue weighted by Crippen LogP contribution is -2.46. The summed E-state index contributed by atoms with van der Waals surface area (Å²) in [6.45, 7) is 7.46. The number of nitrogens with zero attached hydrogens (tertiary/aromatic N) is 2. The number of hydrogen-bond donors (Lipinski definition) is 0. The van der Waals surface area contributed by atoms with Crippen molar-refractivity contribution in [2.75, 3.05) is 0 Å². The van der Waals surface area contributed by atoms with E-state index in [1.807, 2.05) is 12.4 Å². The van der Waals surface area contributed by atoms with Gasteiger partial charge in [-0.25, -0.2) is 0 Å². The molecule has 1 aromatic rings. The van der Waals surface area contributed by atoms with Crippen LogP contribution in [0.1, 0.15) is 65.0 Å². The first-order valence-corrected chi connectivity index (χ1v) is 10.4. The molecule has 0 unspecified atom stereocenters. The van der Waals surface area contributed by atoms with Crippen molar-refractivity contribution in [3.8, 4) is 0 Å². The molecule has 0 radical (unpaired) electrons. The molecule has 0 aromatic carbocycles. The van der Waals surface area contributed by atoms with Crippen molar-refractivity contribution in [3.63, 3.8) is 0 Å². The second kappa shape index (κ2) is 5.65. The summed E-state index contributed by atoms with van der Waals surface area (Å²) in [5.74, 6) is 2.40. The Labute approximate surface area is 157 Å². The summed E-state index contributed by atoms with van der Waals surface area (Å²) in [6.07, 6.45) is 20.9. The Bertz CT molecular complexity index is 818. The van der Waals surface area contributed by atoms with Crippen LogP contribution < -0.4 is 0 Å².